The lowest BCUT2D eigenvalue weighted by atomic mass is 9.87. The molecule has 0 amide bonds. The Labute approximate surface area is 99.2 Å². The molecule has 17 heavy (non-hydrogen) atoms. The lowest BCUT2D eigenvalue weighted by Gasteiger charge is -2.19. The van der Waals surface area contributed by atoms with Gasteiger partial charge in [0, 0.05) is 11.6 Å². The third kappa shape index (κ3) is 1.51. The number of hydrogen-bond donors (Lipinski definition) is 1. The van der Waals surface area contributed by atoms with Gasteiger partial charge in [0.05, 0.1) is 7.11 Å². The zero-order chi connectivity index (χ0) is 12.8. The fraction of sp³-hybridized carbons (Fsp3) is 0.462. The van der Waals surface area contributed by atoms with E-state index in [4.69, 9.17) is 4.74 Å². The van der Waals surface area contributed by atoms with Crippen LogP contribution in [0.1, 0.15) is 25.8 Å². The molecule has 1 aromatic carbocycles. The molecular weight excluding hydrogens is 223 g/mol. The third-order valence-electron chi connectivity index (χ3n) is 3.73. The van der Waals surface area contributed by atoms with Gasteiger partial charge in [0.1, 0.15) is 17.0 Å². The molecule has 1 atom stereocenters. The number of benzene rings is 1. The van der Waals surface area contributed by atoms with Crippen LogP contribution in [0.2, 0.25) is 0 Å². The van der Waals surface area contributed by atoms with Crippen molar-refractivity contribution in [1.29, 1.82) is 0 Å². The van der Waals surface area contributed by atoms with Crippen molar-refractivity contribution in [2.45, 2.75) is 25.7 Å². The van der Waals surface area contributed by atoms with Gasteiger partial charge in [0.15, 0.2) is 0 Å². The molecule has 1 aliphatic carbocycles. The van der Waals surface area contributed by atoms with Gasteiger partial charge in [-0.25, -0.2) is 4.39 Å². The molecule has 4 heteroatoms. The molecular formula is C13H15FO3. The SMILES string of the molecule is COc1cc(F)ccc1C1(C(=O)O)CC1(C)C. The smallest absolute Gasteiger partial charge is 0.314 e. The Morgan fingerprint density at radius 2 is 2.06 bits per heavy atom. The molecule has 0 radical (unpaired) electrons. The summed E-state index contributed by atoms with van der Waals surface area (Å²) in [6, 6.07) is 4.02. The molecule has 1 saturated carbocycles. The summed E-state index contributed by atoms with van der Waals surface area (Å²) in [5.41, 5.74) is -0.727. The van der Waals surface area contributed by atoms with E-state index in [1.165, 1.54) is 25.3 Å². The summed E-state index contributed by atoms with van der Waals surface area (Å²) in [6.45, 7) is 3.79. The molecule has 0 aliphatic heterocycles. The van der Waals surface area contributed by atoms with Crippen molar-refractivity contribution >= 4 is 5.97 Å². The second-order valence-electron chi connectivity index (χ2n) is 5.12. The average Bonchev–Trinajstić information content (AvgIpc) is 2.83. The van der Waals surface area contributed by atoms with Gasteiger partial charge in [-0.2, -0.15) is 0 Å². The molecule has 0 aromatic heterocycles. The highest BCUT2D eigenvalue weighted by atomic mass is 19.1. The van der Waals surface area contributed by atoms with Crippen molar-refractivity contribution in [3.8, 4) is 5.75 Å². The van der Waals surface area contributed by atoms with Crippen LogP contribution in [0.5, 0.6) is 5.75 Å². The standard InChI is InChI=1S/C13H15FO3/c1-12(2)7-13(12,11(15)16)9-5-4-8(14)6-10(9)17-3/h4-6H,7H2,1-3H3,(H,15,16). The summed E-state index contributed by atoms with van der Waals surface area (Å²) in [6.07, 6.45) is 0.539. The minimum Gasteiger partial charge on any atom is -0.496 e. The van der Waals surface area contributed by atoms with E-state index in [0.29, 0.717) is 17.7 Å². The molecule has 1 aliphatic rings. The molecule has 92 valence electrons. The lowest BCUT2D eigenvalue weighted by Crippen LogP contribution is -2.26. The topological polar surface area (TPSA) is 46.5 Å². The predicted molar refractivity (Wildman–Crippen MR) is 60.7 cm³/mol. The minimum atomic E-state index is -0.952. The Bertz CT molecular complexity index is 482. The van der Waals surface area contributed by atoms with Crippen LogP contribution in [-0.4, -0.2) is 18.2 Å². The van der Waals surface area contributed by atoms with Gasteiger partial charge in [-0.05, 0) is 17.9 Å². The number of aliphatic carboxylic acids is 1. The average molecular weight is 238 g/mol. The van der Waals surface area contributed by atoms with E-state index in [1.54, 1.807) is 0 Å². The molecule has 0 bridgehead atoms. The van der Waals surface area contributed by atoms with Gasteiger partial charge in [-0.1, -0.05) is 19.9 Å². The number of carboxylic acid groups (broad SMARTS) is 1. The first-order valence-corrected chi connectivity index (χ1v) is 5.42. The summed E-state index contributed by atoms with van der Waals surface area (Å²) in [7, 11) is 1.42. The fourth-order valence-corrected chi connectivity index (χ4v) is 2.58. The highest BCUT2D eigenvalue weighted by molar-refractivity contribution is 5.88. The zero-order valence-electron chi connectivity index (χ0n) is 10.1. The van der Waals surface area contributed by atoms with Crippen LogP contribution in [0.3, 0.4) is 0 Å². The Balaban J connectivity index is 2.57. The number of rotatable bonds is 3. The molecule has 1 N–H and O–H groups in total. The van der Waals surface area contributed by atoms with E-state index in [1.807, 2.05) is 13.8 Å². The van der Waals surface area contributed by atoms with E-state index < -0.39 is 17.2 Å². The van der Waals surface area contributed by atoms with E-state index >= 15 is 0 Å². The zero-order valence-corrected chi connectivity index (χ0v) is 10.1. The van der Waals surface area contributed by atoms with Crippen molar-refractivity contribution in [1.82, 2.24) is 0 Å². The monoisotopic (exact) mass is 238 g/mol. The number of hydrogen-bond acceptors (Lipinski definition) is 2. The van der Waals surface area contributed by atoms with Gasteiger partial charge < -0.3 is 9.84 Å². The highest BCUT2D eigenvalue weighted by Crippen LogP contribution is 2.65. The highest BCUT2D eigenvalue weighted by Gasteiger charge is 2.68. The number of carbonyl (C=O) groups is 1. The van der Waals surface area contributed by atoms with Gasteiger partial charge in [-0.3, -0.25) is 4.79 Å². The van der Waals surface area contributed by atoms with Gasteiger partial charge in [0.25, 0.3) is 0 Å². The fourth-order valence-electron chi connectivity index (χ4n) is 2.58. The number of methoxy groups -OCH3 is 1. The van der Waals surface area contributed by atoms with E-state index in [0.717, 1.165) is 0 Å². The summed E-state index contributed by atoms with van der Waals surface area (Å²) >= 11 is 0. The van der Waals surface area contributed by atoms with Crippen LogP contribution < -0.4 is 4.74 Å². The van der Waals surface area contributed by atoms with Crippen LogP contribution in [0.4, 0.5) is 4.39 Å². The first-order valence-electron chi connectivity index (χ1n) is 5.42. The molecule has 2 rings (SSSR count). The van der Waals surface area contributed by atoms with Crippen molar-refractivity contribution in [2.24, 2.45) is 5.41 Å². The molecule has 0 heterocycles. The van der Waals surface area contributed by atoms with Crippen LogP contribution in [0.15, 0.2) is 18.2 Å². The molecule has 1 aromatic rings. The van der Waals surface area contributed by atoms with Crippen LogP contribution in [-0.2, 0) is 10.2 Å². The van der Waals surface area contributed by atoms with Crippen LogP contribution >= 0.6 is 0 Å². The predicted octanol–water partition coefficient (Wildman–Crippen LogP) is 2.59. The summed E-state index contributed by atoms with van der Waals surface area (Å²) in [5, 5.41) is 9.43. The molecule has 1 fully saturated rings. The van der Waals surface area contributed by atoms with Gasteiger partial charge >= 0.3 is 5.97 Å². The molecule has 1 unspecified atom stereocenters. The second-order valence-corrected chi connectivity index (χ2v) is 5.12. The largest absolute Gasteiger partial charge is 0.496 e. The van der Waals surface area contributed by atoms with E-state index in [9.17, 15) is 14.3 Å². The maximum atomic E-state index is 13.1. The van der Waals surface area contributed by atoms with Crippen LogP contribution in [0, 0.1) is 11.2 Å². The minimum absolute atomic E-state index is 0.304. The van der Waals surface area contributed by atoms with E-state index in [2.05, 4.69) is 0 Å². The number of carboxylic acids is 1. The summed E-state index contributed by atoms with van der Waals surface area (Å²) < 4.78 is 18.2. The van der Waals surface area contributed by atoms with Crippen molar-refractivity contribution in [3.63, 3.8) is 0 Å². The maximum Gasteiger partial charge on any atom is 0.314 e. The first-order chi connectivity index (χ1) is 7.85. The molecule has 0 saturated heterocycles. The maximum absolute atomic E-state index is 13.1. The quantitative estimate of drug-likeness (QED) is 0.880. The second kappa shape index (κ2) is 3.45. The van der Waals surface area contributed by atoms with Gasteiger partial charge in [0.2, 0.25) is 0 Å². The normalized spacial score (nSPS) is 25.4. The molecule has 0 spiro atoms. The summed E-state index contributed by atoms with van der Waals surface area (Å²) in [5.74, 6) is -1.00. The Morgan fingerprint density at radius 3 is 2.47 bits per heavy atom. The third-order valence-corrected chi connectivity index (χ3v) is 3.73. The van der Waals surface area contributed by atoms with Crippen molar-refractivity contribution in [2.75, 3.05) is 7.11 Å². The van der Waals surface area contributed by atoms with Crippen LogP contribution in [0.25, 0.3) is 0 Å². The number of halogens is 1. The lowest BCUT2D eigenvalue weighted by molar-refractivity contribution is -0.141. The Kier molecular flexibility index (Phi) is 2.42. The summed E-state index contributed by atoms with van der Waals surface area (Å²) in [4.78, 5) is 11.5. The van der Waals surface area contributed by atoms with E-state index in [-0.39, 0.29) is 5.41 Å². The van der Waals surface area contributed by atoms with Gasteiger partial charge in [-0.15, -0.1) is 0 Å². The van der Waals surface area contributed by atoms with Crippen molar-refractivity contribution < 1.29 is 19.0 Å². The Morgan fingerprint density at radius 1 is 1.47 bits per heavy atom. The van der Waals surface area contributed by atoms with Crippen molar-refractivity contribution in [3.05, 3.63) is 29.6 Å². The first kappa shape index (κ1) is 11.9. The Hall–Kier alpha value is -1.58. The number of ether oxygens (including phenoxy) is 1. The molecule has 3 nitrogen and oxygen atoms in total.